The summed E-state index contributed by atoms with van der Waals surface area (Å²) in [7, 11) is -2.50. The van der Waals surface area contributed by atoms with Crippen LogP contribution in [0, 0.1) is 6.92 Å². The molecule has 0 aromatic heterocycles. The molecule has 0 aliphatic heterocycles. The first-order valence-electron chi connectivity index (χ1n) is 9.09. The molecule has 0 bridgehead atoms. The number of rotatable bonds is 7. The Hall–Kier alpha value is -3.03. The average Bonchev–Trinajstić information content (AvgIpc) is 2.73. The summed E-state index contributed by atoms with van der Waals surface area (Å²) in [5.41, 5.74) is 1.78. The third-order valence-corrected chi connectivity index (χ3v) is 6.40. The second-order valence-electron chi connectivity index (χ2n) is 6.55. The van der Waals surface area contributed by atoms with E-state index >= 15 is 0 Å². The Morgan fingerprint density at radius 1 is 1.03 bits per heavy atom. The summed E-state index contributed by atoms with van der Waals surface area (Å²) in [6.45, 7) is 1.47. The fourth-order valence-electron chi connectivity index (χ4n) is 2.88. The summed E-state index contributed by atoms with van der Waals surface area (Å²) in [6.07, 6.45) is 0. The lowest BCUT2D eigenvalue weighted by molar-refractivity contribution is -0.114. The van der Waals surface area contributed by atoms with E-state index in [0.717, 1.165) is 9.87 Å². The van der Waals surface area contributed by atoms with Gasteiger partial charge < -0.3 is 10.1 Å². The lowest BCUT2D eigenvalue weighted by Gasteiger charge is -2.24. The van der Waals surface area contributed by atoms with Crippen molar-refractivity contribution in [3.8, 4) is 5.75 Å². The number of halogens is 1. The van der Waals surface area contributed by atoms with Crippen LogP contribution in [0.4, 0.5) is 11.4 Å². The average molecular weight is 445 g/mol. The van der Waals surface area contributed by atoms with Crippen molar-refractivity contribution in [2.75, 3.05) is 23.3 Å². The highest BCUT2D eigenvalue weighted by Crippen LogP contribution is 2.27. The fourth-order valence-corrected chi connectivity index (χ4v) is 4.43. The molecule has 6 nitrogen and oxygen atoms in total. The molecule has 3 aromatic carbocycles. The number of nitrogens with zero attached hydrogens (tertiary/aromatic N) is 1. The molecule has 0 atom stereocenters. The van der Waals surface area contributed by atoms with Crippen LogP contribution < -0.4 is 14.4 Å². The minimum atomic E-state index is -4.00. The zero-order valence-electron chi connectivity index (χ0n) is 16.5. The number of amides is 1. The van der Waals surface area contributed by atoms with Gasteiger partial charge in [0.05, 0.1) is 23.4 Å². The third kappa shape index (κ3) is 4.93. The Morgan fingerprint density at radius 2 is 1.70 bits per heavy atom. The van der Waals surface area contributed by atoms with Crippen LogP contribution in [0.2, 0.25) is 5.02 Å². The van der Waals surface area contributed by atoms with Gasteiger partial charge in [-0.1, -0.05) is 35.9 Å². The second kappa shape index (κ2) is 9.19. The van der Waals surface area contributed by atoms with Crippen molar-refractivity contribution in [2.45, 2.75) is 11.8 Å². The van der Waals surface area contributed by atoms with E-state index in [1.807, 2.05) is 13.0 Å². The summed E-state index contributed by atoms with van der Waals surface area (Å²) in [5.74, 6) is -0.0129. The van der Waals surface area contributed by atoms with Gasteiger partial charge in [-0.2, -0.15) is 0 Å². The molecule has 0 unspecified atom stereocenters. The molecule has 0 saturated carbocycles. The second-order valence-corrected chi connectivity index (χ2v) is 8.85. The van der Waals surface area contributed by atoms with Gasteiger partial charge >= 0.3 is 0 Å². The molecule has 1 amide bonds. The maximum atomic E-state index is 13.3. The molecule has 156 valence electrons. The van der Waals surface area contributed by atoms with Gasteiger partial charge in [-0.3, -0.25) is 9.10 Å². The van der Waals surface area contributed by atoms with Crippen molar-refractivity contribution in [2.24, 2.45) is 0 Å². The van der Waals surface area contributed by atoms with E-state index < -0.39 is 22.5 Å². The zero-order valence-corrected chi connectivity index (χ0v) is 18.1. The number of methoxy groups -OCH3 is 1. The molecular weight excluding hydrogens is 424 g/mol. The summed E-state index contributed by atoms with van der Waals surface area (Å²) in [5, 5.41) is 3.16. The number of para-hydroxylation sites is 1. The zero-order chi connectivity index (χ0) is 21.7. The Labute approximate surface area is 181 Å². The molecule has 1 N–H and O–H groups in total. The van der Waals surface area contributed by atoms with Gasteiger partial charge in [0.25, 0.3) is 10.0 Å². The number of carbonyl (C=O) groups excluding carboxylic acids is 1. The lowest BCUT2D eigenvalue weighted by Crippen LogP contribution is -2.38. The topological polar surface area (TPSA) is 75.7 Å². The van der Waals surface area contributed by atoms with Crippen LogP contribution >= 0.6 is 11.6 Å². The molecule has 0 fully saturated rings. The van der Waals surface area contributed by atoms with Gasteiger partial charge in [-0.05, 0) is 61.0 Å². The van der Waals surface area contributed by atoms with Crippen LogP contribution in [-0.4, -0.2) is 28.0 Å². The van der Waals surface area contributed by atoms with Crippen molar-refractivity contribution in [3.63, 3.8) is 0 Å². The predicted octanol–water partition coefficient (Wildman–Crippen LogP) is 4.49. The van der Waals surface area contributed by atoms with Crippen LogP contribution in [-0.2, 0) is 14.8 Å². The smallest absolute Gasteiger partial charge is 0.264 e. The number of ether oxygens (including phenoxy) is 1. The van der Waals surface area contributed by atoms with Crippen LogP contribution in [0.1, 0.15) is 5.56 Å². The van der Waals surface area contributed by atoms with Gasteiger partial charge in [0, 0.05) is 5.02 Å². The van der Waals surface area contributed by atoms with Gasteiger partial charge in [0.15, 0.2) is 0 Å². The highest BCUT2D eigenvalue weighted by molar-refractivity contribution is 7.92. The molecule has 8 heteroatoms. The van der Waals surface area contributed by atoms with Crippen molar-refractivity contribution in [1.82, 2.24) is 0 Å². The number of nitrogens with one attached hydrogen (secondary N) is 1. The standard InChI is InChI=1S/C22H21ClN2O4S/c1-16-8-13-21(29-2)20(14-16)24-22(26)15-25(18-6-4-3-5-7-18)30(27,28)19-11-9-17(23)10-12-19/h3-14H,15H2,1-2H3,(H,24,26). The summed E-state index contributed by atoms with van der Waals surface area (Å²) >= 11 is 5.89. The minimum Gasteiger partial charge on any atom is -0.495 e. The molecule has 3 aromatic rings. The third-order valence-electron chi connectivity index (χ3n) is 4.36. The Kier molecular flexibility index (Phi) is 6.64. The van der Waals surface area contributed by atoms with Crippen molar-refractivity contribution in [3.05, 3.63) is 83.4 Å². The molecule has 0 saturated heterocycles. The van der Waals surface area contributed by atoms with Crippen LogP contribution in [0.25, 0.3) is 0 Å². The largest absolute Gasteiger partial charge is 0.495 e. The number of sulfonamides is 1. The van der Waals surface area contributed by atoms with E-state index in [2.05, 4.69) is 5.32 Å². The highest BCUT2D eigenvalue weighted by atomic mass is 35.5. The Morgan fingerprint density at radius 3 is 2.33 bits per heavy atom. The lowest BCUT2D eigenvalue weighted by atomic mass is 10.2. The van der Waals surface area contributed by atoms with Crippen molar-refractivity contribution in [1.29, 1.82) is 0 Å². The number of aryl methyl sites for hydroxylation is 1. The van der Waals surface area contributed by atoms with Crippen molar-refractivity contribution < 1.29 is 17.9 Å². The maximum absolute atomic E-state index is 13.3. The summed E-state index contributed by atoms with van der Waals surface area (Å²) < 4.78 is 32.9. The number of anilines is 2. The summed E-state index contributed by atoms with van der Waals surface area (Å²) in [6, 6.07) is 19.6. The summed E-state index contributed by atoms with van der Waals surface area (Å²) in [4.78, 5) is 12.9. The highest BCUT2D eigenvalue weighted by Gasteiger charge is 2.27. The van der Waals surface area contributed by atoms with Crippen molar-refractivity contribution >= 4 is 38.9 Å². The fraction of sp³-hybridized carbons (Fsp3) is 0.136. The van der Waals surface area contributed by atoms with E-state index in [9.17, 15) is 13.2 Å². The first kappa shape index (κ1) is 21.7. The van der Waals surface area contributed by atoms with Gasteiger partial charge in [-0.25, -0.2) is 8.42 Å². The Balaban J connectivity index is 1.93. The quantitative estimate of drug-likeness (QED) is 0.582. The normalized spacial score (nSPS) is 11.0. The molecular formula is C22H21ClN2O4S. The van der Waals surface area contributed by atoms with Crippen LogP contribution in [0.5, 0.6) is 5.75 Å². The van der Waals surface area contributed by atoms with Gasteiger partial charge in [0.1, 0.15) is 12.3 Å². The molecule has 3 rings (SSSR count). The maximum Gasteiger partial charge on any atom is 0.264 e. The SMILES string of the molecule is COc1ccc(C)cc1NC(=O)CN(c1ccccc1)S(=O)(=O)c1ccc(Cl)cc1. The molecule has 0 aliphatic carbocycles. The van der Waals surface area contributed by atoms with E-state index in [0.29, 0.717) is 22.1 Å². The number of benzene rings is 3. The van der Waals surface area contributed by atoms with Gasteiger partial charge in [-0.15, -0.1) is 0 Å². The van der Waals surface area contributed by atoms with Crippen LogP contribution in [0.3, 0.4) is 0 Å². The first-order chi connectivity index (χ1) is 14.3. The number of hydrogen-bond acceptors (Lipinski definition) is 4. The predicted molar refractivity (Wildman–Crippen MR) is 119 cm³/mol. The number of carbonyl (C=O) groups is 1. The molecule has 0 heterocycles. The minimum absolute atomic E-state index is 0.0386. The Bertz CT molecular complexity index is 1130. The number of hydrogen-bond donors (Lipinski definition) is 1. The molecule has 30 heavy (non-hydrogen) atoms. The van der Waals surface area contributed by atoms with E-state index in [-0.39, 0.29) is 4.90 Å². The van der Waals surface area contributed by atoms with E-state index in [1.54, 1.807) is 42.5 Å². The van der Waals surface area contributed by atoms with E-state index in [1.165, 1.54) is 31.4 Å². The molecule has 0 aliphatic rings. The molecule has 0 radical (unpaired) electrons. The van der Waals surface area contributed by atoms with E-state index in [4.69, 9.17) is 16.3 Å². The first-order valence-corrected chi connectivity index (χ1v) is 10.9. The monoisotopic (exact) mass is 444 g/mol. The van der Waals surface area contributed by atoms with Crippen LogP contribution in [0.15, 0.2) is 77.7 Å². The van der Waals surface area contributed by atoms with Gasteiger partial charge in [0.2, 0.25) is 5.91 Å². The molecule has 0 spiro atoms.